The average Bonchev–Trinajstić information content (AvgIpc) is 2.28. The number of rotatable bonds is 3. The Morgan fingerprint density at radius 3 is 2.17 bits per heavy atom. The van der Waals surface area contributed by atoms with Crippen molar-refractivity contribution < 1.29 is 13.2 Å². The van der Waals surface area contributed by atoms with Crippen LogP contribution in [-0.2, 0) is 0 Å². The summed E-state index contributed by atoms with van der Waals surface area (Å²) in [6, 6.07) is 0.701. The van der Waals surface area contributed by atoms with Crippen LogP contribution in [0.15, 0.2) is 12.1 Å². The van der Waals surface area contributed by atoms with E-state index in [1.807, 2.05) is 0 Å². The highest BCUT2D eigenvalue weighted by atomic mass is 19.1. The quantitative estimate of drug-likeness (QED) is 0.867. The fraction of sp³-hybridized carbons (Fsp3) is 0.571. The van der Waals surface area contributed by atoms with Crippen LogP contribution >= 0.6 is 0 Å². The molecule has 4 heteroatoms. The lowest BCUT2D eigenvalue weighted by molar-refractivity contribution is 0.314. The molecule has 2 rings (SSSR count). The van der Waals surface area contributed by atoms with Gasteiger partial charge in [0.05, 0.1) is 0 Å². The van der Waals surface area contributed by atoms with E-state index in [1.165, 1.54) is 6.42 Å². The number of hydrogen-bond donors (Lipinski definition) is 1. The van der Waals surface area contributed by atoms with Crippen LogP contribution in [0.4, 0.5) is 13.2 Å². The van der Waals surface area contributed by atoms with Gasteiger partial charge >= 0.3 is 0 Å². The molecular formula is C14H18F3N. The third kappa shape index (κ3) is 3.05. The van der Waals surface area contributed by atoms with Crippen LogP contribution in [0.25, 0.3) is 0 Å². The summed E-state index contributed by atoms with van der Waals surface area (Å²) >= 11 is 0. The summed E-state index contributed by atoms with van der Waals surface area (Å²) in [6.07, 6.45) is 6.25. The lowest BCUT2D eigenvalue weighted by atomic mass is 9.83. The van der Waals surface area contributed by atoms with Crippen LogP contribution in [0.5, 0.6) is 0 Å². The molecule has 0 aromatic heterocycles. The van der Waals surface area contributed by atoms with Crippen LogP contribution in [0.2, 0.25) is 0 Å². The van der Waals surface area contributed by atoms with Crippen LogP contribution in [0.3, 0.4) is 0 Å². The Morgan fingerprint density at radius 1 is 1.06 bits per heavy atom. The molecule has 100 valence electrons. The smallest absolute Gasteiger partial charge is 0.133 e. The number of hydrogen-bond acceptors (Lipinski definition) is 1. The average molecular weight is 257 g/mol. The van der Waals surface area contributed by atoms with Gasteiger partial charge in [-0.25, -0.2) is 13.2 Å². The topological polar surface area (TPSA) is 26.0 Å². The molecule has 0 amide bonds. The van der Waals surface area contributed by atoms with E-state index in [-0.39, 0.29) is 5.56 Å². The molecule has 0 radical (unpaired) electrons. The molecule has 1 unspecified atom stereocenters. The minimum absolute atomic E-state index is 0.179. The first-order valence-corrected chi connectivity index (χ1v) is 6.48. The minimum Gasteiger partial charge on any atom is -0.324 e. The van der Waals surface area contributed by atoms with Gasteiger partial charge in [-0.2, -0.15) is 0 Å². The van der Waals surface area contributed by atoms with Gasteiger partial charge < -0.3 is 5.73 Å². The van der Waals surface area contributed by atoms with Crippen molar-refractivity contribution in [3.8, 4) is 0 Å². The van der Waals surface area contributed by atoms with Gasteiger partial charge in [0.1, 0.15) is 17.5 Å². The Labute approximate surface area is 105 Å². The molecule has 1 saturated carbocycles. The predicted octanol–water partition coefficient (Wildman–Crippen LogP) is 4.07. The summed E-state index contributed by atoms with van der Waals surface area (Å²) in [7, 11) is 0. The Balaban J connectivity index is 2.10. The van der Waals surface area contributed by atoms with Crippen molar-refractivity contribution in [2.45, 2.75) is 44.6 Å². The van der Waals surface area contributed by atoms with Gasteiger partial charge in [-0.05, 0) is 12.3 Å². The van der Waals surface area contributed by atoms with Gasteiger partial charge in [-0.1, -0.05) is 32.1 Å². The summed E-state index contributed by atoms with van der Waals surface area (Å²) in [5.74, 6) is -2.23. The van der Waals surface area contributed by atoms with Crippen molar-refractivity contribution in [1.29, 1.82) is 0 Å². The first-order chi connectivity index (χ1) is 8.58. The Hall–Kier alpha value is -1.03. The molecule has 1 fully saturated rings. The molecule has 2 N–H and O–H groups in total. The summed E-state index contributed by atoms with van der Waals surface area (Å²) < 4.78 is 39.9. The maximum atomic E-state index is 13.6. The van der Waals surface area contributed by atoms with E-state index in [9.17, 15) is 13.2 Å². The van der Waals surface area contributed by atoms with Crippen LogP contribution in [-0.4, -0.2) is 0 Å². The lowest BCUT2D eigenvalue weighted by Crippen LogP contribution is -2.20. The molecule has 0 aliphatic heterocycles. The second-order valence-corrected chi connectivity index (χ2v) is 5.13. The Morgan fingerprint density at radius 2 is 1.61 bits per heavy atom. The monoisotopic (exact) mass is 257 g/mol. The number of benzene rings is 1. The van der Waals surface area contributed by atoms with Gasteiger partial charge in [0.25, 0.3) is 0 Å². The molecule has 0 spiro atoms. The van der Waals surface area contributed by atoms with E-state index >= 15 is 0 Å². The number of nitrogens with two attached hydrogens (primary N) is 1. The Kier molecular flexibility index (Phi) is 4.27. The molecular weight excluding hydrogens is 239 g/mol. The van der Waals surface area contributed by atoms with E-state index in [4.69, 9.17) is 5.73 Å². The standard InChI is InChI=1S/C14H18F3N/c15-10-7-11(16)14(12(17)8-10)13(18)6-9-4-2-1-3-5-9/h7-9,13H,1-6,18H2. The van der Waals surface area contributed by atoms with E-state index in [1.54, 1.807) is 0 Å². The lowest BCUT2D eigenvalue weighted by Gasteiger charge is -2.25. The minimum atomic E-state index is -0.904. The van der Waals surface area contributed by atoms with Crippen molar-refractivity contribution in [3.05, 3.63) is 35.1 Å². The normalized spacial score (nSPS) is 18.9. The van der Waals surface area contributed by atoms with Crippen LogP contribution < -0.4 is 5.73 Å². The van der Waals surface area contributed by atoms with Gasteiger partial charge in [-0.3, -0.25) is 0 Å². The fourth-order valence-electron chi connectivity index (χ4n) is 2.81. The second-order valence-electron chi connectivity index (χ2n) is 5.13. The molecule has 0 heterocycles. The zero-order valence-corrected chi connectivity index (χ0v) is 10.3. The molecule has 1 nitrogen and oxygen atoms in total. The number of halogens is 3. The largest absolute Gasteiger partial charge is 0.324 e. The summed E-state index contributed by atoms with van der Waals surface area (Å²) in [6.45, 7) is 0. The molecule has 18 heavy (non-hydrogen) atoms. The van der Waals surface area contributed by atoms with Gasteiger partial charge in [0.15, 0.2) is 0 Å². The van der Waals surface area contributed by atoms with E-state index < -0.39 is 23.5 Å². The Bertz CT molecular complexity index is 390. The maximum Gasteiger partial charge on any atom is 0.133 e. The van der Waals surface area contributed by atoms with Crippen molar-refractivity contribution in [3.63, 3.8) is 0 Å². The fourth-order valence-corrected chi connectivity index (χ4v) is 2.81. The van der Waals surface area contributed by atoms with Crippen molar-refractivity contribution in [2.75, 3.05) is 0 Å². The summed E-state index contributed by atoms with van der Waals surface area (Å²) in [5.41, 5.74) is 5.70. The van der Waals surface area contributed by atoms with Gasteiger partial charge in [0, 0.05) is 23.7 Å². The van der Waals surface area contributed by atoms with Crippen LogP contribution in [0.1, 0.15) is 50.1 Å². The molecule has 0 saturated heterocycles. The second kappa shape index (κ2) is 5.74. The SMILES string of the molecule is NC(CC1CCCCC1)c1c(F)cc(F)cc1F. The first-order valence-electron chi connectivity index (χ1n) is 6.48. The van der Waals surface area contributed by atoms with Crippen LogP contribution in [0, 0.1) is 23.4 Å². The highest BCUT2D eigenvalue weighted by molar-refractivity contribution is 5.24. The highest BCUT2D eigenvalue weighted by Gasteiger charge is 2.22. The predicted molar refractivity (Wildman–Crippen MR) is 64.4 cm³/mol. The van der Waals surface area contributed by atoms with Crippen molar-refractivity contribution in [1.82, 2.24) is 0 Å². The van der Waals surface area contributed by atoms with Gasteiger partial charge in [-0.15, -0.1) is 0 Å². The summed E-state index contributed by atoms with van der Waals surface area (Å²) in [5, 5.41) is 0. The molecule has 1 aromatic carbocycles. The third-order valence-electron chi connectivity index (χ3n) is 3.73. The van der Waals surface area contributed by atoms with E-state index in [0.29, 0.717) is 24.5 Å². The molecule has 1 atom stereocenters. The molecule has 1 aliphatic carbocycles. The zero-order chi connectivity index (χ0) is 13.1. The van der Waals surface area contributed by atoms with Gasteiger partial charge in [0.2, 0.25) is 0 Å². The third-order valence-corrected chi connectivity index (χ3v) is 3.73. The van der Waals surface area contributed by atoms with Crippen molar-refractivity contribution in [2.24, 2.45) is 11.7 Å². The first kappa shape index (κ1) is 13.4. The van der Waals surface area contributed by atoms with Crippen molar-refractivity contribution >= 4 is 0 Å². The zero-order valence-electron chi connectivity index (χ0n) is 10.3. The van der Waals surface area contributed by atoms with E-state index in [2.05, 4.69) is 0 Å². The molecule has 1 aliphatic rings. The molecule has 1 aromatic rings. The molecule has 0 bridgehead atoms. The summed E-state index contributed by atoms with van der Waals surface area (Å²) in [4.78, 5) is 0. The van der Waals surface area contributed by atoms with E-state index in [0.717, 1.165) is 25.7 Å². The maximum absolute atomic E-state index is 13.6. The highest BCUT2D eigenvalue weighted by Crippen LogP contribution is 2.32.